The van der Waals surface area contributed by atoms with E-state index in [-0.39, 0.29) is 33.5 Å². The predicted octanol–water partition coefficient (Wildman–Crippen LogP) is 15.4. The van der Waals surface area contributed by atoms with Crippen molar-refractivity contribution >= 4 is 102 Å². The highest BCUT2D eigenvalue weighted by atomic mass is 127. The van der Waals surface area contributed by atoms with E-state index >= 15 is 4.39 Å². The number of anilines is 2. The van der Waals surface area contributed by atoms with Crippen LogP contribution < -0.4 is 10.6 Å². The normalized spacial score (nSPS) is 15.3. The lowest BCUT2D eigenvalue weighted by Gasteiger charge is -2.22. The van der Waals surface area contributed by atoms with Crippen molar-refractivity contribution in [1.82, 2.24) is 40.0 Å². The molecule has 10 rings (SSSR count). The number of hydrogen-bond acceptors (Lipinski definition) is 10. The van der Waals surface area contributed by atoms with Gasteiger partial charge < -0.3 is 10.6 Å². The second kappa shape index (κ2) is 21.7. The molecule has 2 aliphatic rings. The fourth-order valence-corrected chi connectivity index (χ4v) is 11.6. The molecule has 76 heavy (non-hydrogen) atoms. The van der Waals surface area contributed by atoms with Crippen LogP contribution in [0.3, 0.4) is 0 Å². The molecule has 18 heteroatoms. The van der Waals surface area contributed by atoms with Crippen LogP contribution in [0.1, 0.15) is 138 Å². The number of nitriles is 2. The van der Waals surface area contributed by atoms with Gasteiger partial charge in [-0.1, -0.05) is 135 Å². The smallest absolute Gasteiger partial charge is 0.236 e. The zero-order valence-corrected chi connectivity index (χ0v) is 48.8. The van der Waals surface area contributed by atoms with Gasteiger partial charge in [0, 0.05) is 58.1 Å². The summed E-state index contributed by atoms with van der Waals surface area (Å²) < 4.78 is 20.2. The molecule has 0 aliphatic heterocycles. The summed E-state index contributed by atoms with van der Waals surface area (Å²) in [6.45, 7) is 18.4. The van der Waals surface area contributed by atoms with Crippen LogP contribution in [0.15, 0.2) is 85.2 Å². The molecule has 2 atom stereocenters. The molecule has 2 saturated carbocycles. The van der Waals surface area contributed by atoms with Crippen molar-refractivity contribution in [3.63, 3.8) is 0 Å². The molecule has 0 saturated heterocycles. The Morgan fingerprint density at radius 1 is 0.632 bits per heavy atom. The highest BCUT2D eigenvalue weighted by molar-refractivity contribution is 14.1. The van der Waals surface area contributed by atoms with E-state index in [9.17, 15) is 10.5 Å². The van der Waals surface area contributed by atoms with Gasteiger partial charge in [0.05, 0.1) is 54.7 Å². The quantitative estimate of drug-likeness (QED) is 0.100. The maximum atomic E-state index is 15.8. The first-order valence-electron chi connectivity index (χ1n) is 25.2. The lowest BCUT2D eigenvalue weighted by atomic mass is 9.88. The summed E-state index contributed by atoms with van der Waals surface area (Å²) in [5, 5.41) is 48.0. The molecule has 392 valence electrons. The number of aromatic nitrogens is 8. The Labute approximate surface area is 476 Å². The Kier molecular flexibility index (Phi) is 15.7. The summed E-state index contributed by atoms with van der Waals surface area (Å²) in [5.41, 5.74) is 8.09. The molecular weight excluding hydrogens is 1150 g/mol. The Balaban J connectivity index is 0.000000186. The van der Waals surface area contributed by atoms with Gasteiger partial charge in [0.2, 0.25) is 5.95 Å². The van der Waals surface area contributed by atoms with Gasteiger partial charge in [-0.25, -0.2) is 9.36 Å². The molecule has 0 bridgehead atoms. The minimum atomic E-state index is -0.494. The number of pyridine rings is 2. The number of fused-ring (bicyclic) bond motifs is 2. The molecule has 4 heterocycles. The fourth-order valence-electron chi connectivity index (χ4n) is 9.29. The molecule has 4 aromatic heterocycles. The summed E-state index contributed by atoms with van der Waals surface area (Å²) in [6.07, 6.45) is 8.04. The van der Waals surface area contributed by atoms with Crippen LogP contribution >= 0.6 is 69.0 Å². The van der Waals surface area contributed by atoms with E-state index in [0.717, 1.165) is 73.8 Å². The number of nitrogens with one attached hydrogen (secondary N) is 2. The van der Waals surface area contributed by atoms with E-state index in [4.69, 9.17) is 46.4 Å². The first-order chi connectivity index (χ1) is 36.0. The molecule has 0 unspecified atom stereocenters. The Morgan fingerprint density at radius 3 is 1.46 bits per heavy atom. The molecule has 2 fully saturated rings. The minimum absolute atomic E-state index is 0.0135. The van der Waals surface area contributed by atoms with Crippen LogP contribution in [-0.4, -0.2) is 53.0 Å². The average molecular weight is 1210 g/mol. The SMILES string of the molecule is CC(C)(C)CNc1c(C#N)cnc2c(Cl)cc(C[C@@H](c3ccccc3Cl)c3nnn(C4(C)CC4)c3F)cc12.CC(C)(C)CNc1c(C#N)cnc2c(Cl)cc(C[C@@H](c3ccccc3Cl)c3nnn(C4(C)CC4)c3I)cc12. The molecule has 0 radical (unpaired) electrons. The number of nitrogens with zero attached hydrogens (tertiary/aromatic N) is 10. The zero-order chi connectivity index (χ0) is 54.5. The highest BCUT2D eigenvalue weighted by Crippen LogP contribution is 2.47. The Morgan fingerprint density at radius 2 is 1.04 bits per heavy atom. The van der Waals surface area contributed by atoms with Crippen molar-refractivity contribution in [1.29, 1.82) is 10.5 Å². The molecule has 0 spiro atoms. The van der Waals surface area contributed by atoms with E-state index in [1.54, 1.807) is 12.3 Å². The molecule has 2 aliphatic carbocycles. The second-order valence-electron chi connectivity index (χ2n) is 23.0. The molecule has 12 nitrogen and oxygen atoms in total. The van der Waals surface area contributed by atoms with Crippen LogP contribution in [0.25, 0.3) is 21.8 Å². The molecule has 0 amide bonds. The van der Waals surface area contributed by atoms with E-state index < -0.39 is 11.9 Å². The van der Waals surface area contributed by atoms with Crippen molar-refractivity contribution < 1.29 is 4.39 Å². The van der Waals surface area contributed by atoms with Gasteiger partial charge in [-0.05, 0) is 144 Å². The van der Waals surface area contributed by atoms with Crippen LogP contribution in [0.5, 0.6) is 0 Å². The summed E-state index contributed by atoms with van der Waals surface area (Å²) in [6, 6.07) is 27.7. The van der Waals surface area contributed by atoms with E-state index in [1.807, 2.05) is 61.5 Å². The van der Waals surface area contributed by atoms with Gasteiger partial charge >= 0.3 is 0 Å². The first-order valence-corrected chi connectivity index (χ1v) is 27.8. The third-order valence-electron chi connectivity index (χ3n) is 14.2. The van der Waals surface area contributed by atoms with Gasteiger partial charge in [0.15, 0.2) is 0 Å². The minimum Gasteiger partial charge on any atom is -0.383 e. The predicted molar refractivity (Wildman–Crippen MR) is 311 cm³/mol. The average Bonchev–Trinajstić information content (AvgIpc) is 4.22. The van der Waals surface area contributed by atoms with Gasteiger partial charge in [0.1, 0.15) is 27.2 Å². The van der Waals surface area contributed by atoms with Crippen molar-refractivity contribution in [2.45, 2.75) is 117 Å². The van der Waals surface area contributed by atoms with Gasteiger partial charge in [-0.2, -0.15) is 14.9 Å². The third-order valence-corrected chi connectivity index (χ3v) is 16.4. The highest BCUT2D eigenvalue weighted by Gasteiger charge is 2.45. The second-order valence-corrected chi connectivity index (χ2v) is 25.6. The van der Waals surface area contributed by atoms with Crippen LogP contribution in [0.2, 0.25) is 20.1 Å². The number of benzene rings is 4. The van der Waals surface area contributed by atoms with E-state index in [1.165, 1.54) is 10.9 Å². The molecule has 2 N–H and O–H groups in total. The topological polar surface area (TPSA) is 159 Å². The van der Waals surface area contributed by atoms with Crippen LogP contribution in [0, 0.1) is 43.1 Å². The van der Waals surface area contributed by atoms with Crippen LogP contribution in [-0.2, 0) is 23.9 Å². The lowest BCUT2D eigenvalue weighted by Crippen LogP contribution is -2.19. The Bertz CT molecular complexity index is 3360. The monoisotopic (exact) mass is 1210 g/mol. The van der Waals surface area contributed by atoms with Crippen molar-refractivity contribution in [3.05, 3.63) is 160 Å². The molecule has 8 aromatic rings. The maximum Gasteiger partial charge on any atom is 0.236 e. The lowest BCUT2D eigenvalue weighted by molar-refractivity contribution is 0.370. The van der Waals surface area contributed by atoms with Crippen LogP contribution in [0.4, 0.5) is 15.8 Å². The largest absolute Gasteiger partial charge is 0.383 e. The zero-order valence-electron chi connectivity index (χ0n) is 43.6. The summed E-state index contributed by atoms with van der Waals surface area (Å²) in [5.74, 6) is -1.06. The number of hydrogen-bond donors (Lipinski definition) is 2. The fraction of sp³-hybridized carbons (Fsp3) is 0.379. The maximum absolute atomic E-state index is 15.8. The summed E-state index contributed by atoms with van der Waals surface area (Å²) >= 11 is 29.2. The van der Waals surface area contributed by atoms with E-state index in [0.29, 0.717) is 73.9 Å². The van der Waals surface area contributed by atoms with Crippen molar-refractivity contribution in [3.8, 4) is 12.1 Å². The molecular formula is C58H58Cl4FIN12. The summed E-state index contributed by atoms with van der Waals surface area (Å²) in [4.78, 5) is 8.97. The van der Waals surface area contributed by atoms with Gasteiger partial charge in [-0.3, -0.25) is 9.97 Å². The van der Waals surface area contributed by atoms with Gasteiger partial charge in [-0.15, -0.1) is 10.2 Å². The number of rotatable bonds is 14. The Hall–Kier alpha value is -5.62. The molecule has 4 aromatic carbocycles. The van der Waals surface area contributed by atoms with Crippen molar-refractivity contribution in [2.24, 2.45) is 10.8 Å². The summed E-state index contributed by atoms with van der Waals surface area (Å²) in [7, 11) is 0. The first kappa shape index (κ1) is 55.1. The number of halogens is 6. The third kappa shape index (κ3) is 11.8. The van der Waals surface area contributed by atoms with E-state index in [2.05, 4.69) is 141 Å². The standard InChI is InChI=1S/C29H29Cl2FN6.C29H29Cl2IN6/c2*1-28(2,3)16-35-24-18(14-33)15-34-25-21(24)12-17(13-23(25)31)11-20(19-7-5-6-8-22(19)30)26-27(32)38(37-36-26)29(4)9-10-29/h2*5-8,12-13,15,20H,9-11,16H2,1-4H3,(H,34,35)/t2*20-/m00/s1. The van der Waals surface area contributed by atoms with Crippen molar-refractivity contribution in [2.75, 3.05) is 23.7 Å². The van der Waals surface area contributed by atoms with Gasteiger partial charge in [0.25, 0.3) is 0 Å².